The van der Waals surface area contributed by atoms with Gasteiger partial charge in [0.2, 0.25) is 0 Å². The second-order valence-corrected chi connectivity index (χ2v) is 4.78. The molecule has 0 aromatic heterocycles. The molecule has 3 N–H and O–H groups in total. The molecule has 0 aliphatic carbocycles. The molecule has 0 radical (unpaired) electrons. The Hall–Kier alpha value is -2.00. The fraction of sp³-hybridized carbons (Fsp3) is 0.250. The predicted molar refractivity (Wildman–Crippen MR) is 76.2 cm³/mol. The number of phenols is 1. The van der Waals surface area contributed by atoms with Gasteiger partial charge in [-0.05, 0) is 48.7 Å². The highest BCUT2D eigenvalue weighted by Gasteiger charge is 2.01. The van der Waals surface area contributed by atoms with Gasteiger partial charge in [0.05, 0.1) is 0 Å². The van der Waals surface area contributed by atoms with Crippen LogP contribution in [0.5, 0.6) is 11.5 Å². The Balaban J connectivity index is 1.97. The predicted octanol–water partition coefficient (Wildman–Crippen LogP) is 2.86. The van der Waals surface area contributed by atoms with Crippen molar-refractivity contribution in [2.45, 2.75) is 26.0 Å². The van der Waals surface area contributed by atoms with Crippen molar-refractivity contribution in [3.05, 3.63) is 59.7 Å². The van der Waals surface area contributed by atoms with E-state index in [1.807, 2.05) is 37.3 Å². The first-order chi connectivity index (χ1) is 9.13. The van der Waals surface area contributed by atoms with Crippen LogP contribution in [0.2, 0.25) is 0 Å². The fourth-order valence-electron chi connectivity index (χ4n) is 1.89. The molecule has 0 bridgehead atoms. The Kier molecular flexibility index (Phi) is 4.42. The third kappa shape index (κ3) is 4.30. The molecule has 3 heteroatoms. The zero-order valence-electron chi connectivity index (χ0n) is 11.0. The Morgan fingerprint density at radius 2 is 1.84 bits per heavy atom. The van der Waals surface area contributed by atoms with Crippen LogP contribution in [0.25, 0.3) is 0 Å². The van der Waals surface area contributed by atoms with Gasteiger partial charge in [-0.2, -0.15) is 0 Å². The minimum atomic E-state index is 0.146. The fourth-order valence-corrected chi connectivity index (χ4v) is 1.89. The lowest BCUT2D eigenvalue weighted by molar-refractivity contribution is 0.305. The first-order valence-corrected chi connectivity index (χ1v) is 6.39. The zero-order chi connectivity index (χ0) is 13.7. The molecular formula is C16H19NO2. The summed E-state index contributed by atoms with van der Waals surface area (Å²) >= 11 is 0. The minimum absolute atomic E-state index is 0.146. The highest BCUT2D eigenvalue weighted by atomic mass is 16.5. The van der Waals surface area contributed by atoms with Gasteiger partial charge in [0.25, 0.3) is 0 Å². The first kappa shape index (κ1) is 13.4. The molecule has 0 aliphatic heterocycles. The number of nitrogens with two attached hydrogens (primary N) is 1. The number of hydrogen-bond donors (Lipinski definition) is 2. The molecule has 0 heterocycles. The van der Waals surface area contributed by atoms with E-state index in [1.165, 1.54) is 5.56 Å². The van der Waals surface area contributed by atoms with Crippen molar-refractivity contribution in [1.29, 1.82) is 0 Å². The van der Waals surface area contributed by atoms with E-state index in [0.29, 0.717) is 6.61 Å². The van der Waals surface area contributed by atoms with Gasteiger partial charge in [0.1, 0.15) is 18.1 Å². The summed E-state index contributed by atoms with van der Waals surface area (Å²) in [6, 6.07) is 15.1. The molecule has 0 aliphatic rings. The monoisotopic (exact) mass is 257 g/mol. The average molecular weight is 257 g/mol. The van der Waals surface area contributed by atoms with Crippen LogP contribution < -0.4 is 10.5 Å². The number of rotatable bonds is 5. The van der Waals surface area contributed by atoms with Crippen molar-refractivity contribution in [3.8, 4) is 11.5 Å². The zero-order valence-corrected chi connectivity index (χ0v) is 11.0. The van der Waals surface area contributed by atoms with Gasteiger partial charge < -0.3 is 15.6 Å². The van der Waals surface area contributed by atoms with Crippen LogP contribution in [0, 0.1) is 0 Å². The lowest BCUT2D eigenvalue weighted by atomic mass is 10.1. The normalized spacial score (nSPS) is 12.1. The standard InChI is InChI=1S/C16H19NO2/c1-12(17)9-14-3-2-4-16(10-14)19-11-13-5-7-15(18)8-6-13/h2-8,10,12,18H,9,11,17H2,1H3. The molecule has 0 saturated carbocycles. The lowest BCUT2D eigenvalue weighted by Gasteiger charge is -2.09. The highest BCUT2D eigenvalue weighted by molar-refractivity contribution is 5.30. The first-order valence-electron chi connectivity index (χ1n) is 6.39. The van der Waals surface area contributed by atoms with E-state index >= 15 is 0 Å². The van der Waals surface area contributed by atoms with E-state index in [4.69, 9.17) is 10.5 Å². The summed E-state index contributed by atoms with van der Waals surface area (Å²) in [4.78, 5) is 0. The Labute approximate surface area is 113 Å². The van der Waals surface area contributed by atoms with Crippen molar-refractivity contribution in [3.63, 3.8) is 0 Å². The number of ether oxygens (including phenoxy) is 1. The van der Waals surface area contributed by atoms with E-state index in [1.54, 1.807) is 12.1 Å². The maximum atomic E-state index is 9.21. The summed E-state index contributed by atoms with van der Waals surface area (Å²) < 4.78 is 5.73. The summed E-state index contributed by atoms with van der Waals surface area (Å²) in [5.41, 5.74) is 7.99. The molecule has 2 aromatic rings. The molecule has 2 aromatic carbocycles. The Morgan fingerprint density at radius 3 is 2.53 bits per heavy atom. The summed E-state index contributed by atoms with van der Waals surface area (Å²) in [5, 5.41) is 9.21. The van der Waals surface area contributed by atoms with E-state index in [2.05, 4.69) is 6.07 Å². The SMILES string of the molecule is CC(N)Cc1cccc(OCc2ccc(O)cc2)c1. The van der Waals surface area contributed by atoms with Crippen LogP contribution in [0.1, 0.15) is 18.1 Å². The van der Waals surface area contributed by atoms with Gasteiger partial charge in [0, 0.05) is 6.04 Å². The maximum Gasteiger partial charge on any atom is 0.120 e. The van der Waals surface area contributed by atoms with Gasteiger partial charge in [-0.1, -0.05) is 24.3 Å². The second-order valence-electron chi connectivity index (χ2n) is 4.78. The Morgan fingerprint density at radius 1 is 1.11 bits per heavy atom. The largest absolute Gasteiger partial charge is 0.508 e. The number of phenolic OH excluding ortho intramolecular Hbond substituents is 1. The van der Waals surface area contributed by atoms with Crippen molar-refractivity contribution in [2.75, 3.05) is 0 Å². The van der Waals surface area contributed by atoms with Crippen molar-refractivity contribution in [2.24, 2.45) is 5.73 Å². The molecule has 1 atom stereocenters. The van der Waals surface area contributed by atoms with Crippen LogP contribution in [0.15, 0.2) is 48.5 Å². The maximum absolute atomic E-state index is 9.21. The quantitative estimate of drug-likeness (QED) is 0.866. The summed E-state index contributed by atoms with van der Waals surface area (Å²) in [7, 11) is 0. The van der Waals surface area contributed by atoms with Gasteiger partial charge in [-0.15, -0.1) is 0 Å². The van der Waals surface area contributed by atoms with Crippen LogP contribution in [-0.4, -0.2) is 11.1 Å². The van der Waals surface area contributed by atoms with Gasteiger partial charge >= 0.3 is 0 Å². The number of aromatic hydroxyl groups is 1. The molecule has 3 nitrogen and oxygen atoms in total. The van der Waals surface area contributed by atoms with Gasteiger partial charge in [-0.25, -0.2) is 0 Å². The summed E-state index contributed by atoms with van der Waals surface area (Å²) in [6.07, 6.45) is 0.844. The lowest BCUT2D eigenvalue weighted by Crippen LogP contribution is -2.17. The molecule has 0 saturated heterocycles. The Bertz CT molecular complexity index is 521. The van der Waals surface area contributed by atoms with Crippen molar-refractivity contribution < 1.29 is 9.84 Å². The molecule has 1 unspecified atom stereocenters. The van der Waals surface area contributed by atoms with Gasteiger partial charge in [0.15, 0.2) is 0 Å². The smallest absolute Gasteiger partial charge is 0.120 e. The van der Waals surface area contributed by atoms with Crippen LogP contribution in [0.4, 0.5) is 0 Å². The molecule has 2 rings (SSSR count). The molecule has 19 heavy (non-hydrogen) atoms. The van der Waals surface area contributed by atoms with E-state index < -0.39 is 0 Å². The van der Waals surface area contributed by atoms with Crippen LogP contribution in [0.3, 0.4) is 0 Å². The number of hydrogen-bond acceptors (Lipinski definition) is 3. The molecule has 0 amide bonds. The highest BCUT2D eigenvalue weighted by Crippen LogP contribution is 2.17. The summed E-state index contributed by atoms with van der Waals surface area (Å²) in [6.45, 7) is 2.48. The van der Waals surface area contributed by atoms with Crippen LogP contribution in [-0.2, 0) is 13.0 Å². The molecular weight excluding hydrogens is 238 g/mol. The van der Waals surface area contributed by atoms with Crippen molar-refractivity contribution >= 4 is 0 Å². The summed E-state index contributed by atoms with van der Waals surface area (Å²) in [5.74, 6) is 1.11. The minimum Gasteiger partial charge on any atom is -0.508 e. The average Bonchev–Trinajstić information content (AvgIpc) is 2.38. The van der Waals surface area contributed by atoms with Crippen LogP contribution >= 0.6 is 0 Å². The molecule has 100 valence electrons. The molecule has 0 fully saturated rings. The second kappa shape index (κ2) is 6.25. The van der Waals surface area contributed by atoms with E-state index in [0.717, 1.165) is 17.7 Å². The van der Waals surface area contributed by atoms with Crippen molar-refractivity contribution in [1.82, 2.24) is 0 Å². The van der Waals surface area contributed by atoms with E-state index in [-0.39, 0.29) is 11.8 Å². The topological polar surface area (TPSA) is 55.5 Å². The third-order valence-corrected chi connectivity index (χ3v) is 2.80. The molecule has 0 spiro atoms. The van der Waals surface area contributed by atoms with E-state index in [9.17, 15) is 5.11 Å². The third-order valence-electron chi connectivity index (χ3n) is 2.80. The number of benzene rings is 2. The van der Waals surface area contributed by atoms with Gasteiger partial charge in [-0.3, -0.25) is 0 Å².